The molecule has 0 saturated carbocycles. The van der Waals surface area contributed by atoms with E-state index in [4.69, 9.17) is 5.11 Å². The molecule has 122 valence electrons. The third kappa shape index (κ3) is 6.26. The average Bonchev–Trinajstić information content (AvgIpc) is 2.44. The van der Waals surface area contributed by atoms with Crippen LogP contribution in [0.15, 0.2) is 24.3 Å². The van der Waals surface area contributed by atoms with Crippen LogP contribution < -0.4 is 10.6 Å². The number of aliphatic hydroxyl groups is 1. The molecule has 5 nitrogen and oxygen atoms in total. The summed E-state index contributed by atoms with van der Waals surface area (Å²) in [5, 5.41) is 14.4. The third-order valence-electron chi connectivity index (χ3n) is 3.25. The van der Waals surface area contributed by atoms with Crippen molar-refractivity contribution in [3.63, 3.8) is 0 Å². The van der Waals surface area contributed by atoms with Gasteiger partial charge in [0.25, 0.3) is 5.91 Å². The fourth-order valence-electron chi connectivity index (χ4n) is 1.86. The Bertz CT molecular complexity index is 502. The Morgan fingerprint density at radius 2 is 1.73 bits per heavy atom. The summed E-state index contributed by atoms with van der Waals surface area (Å²) >= 11 is 0. The van der Waals surface area contributed by atoms with E-state index in [1.54, 1.807) is 19.1 Å². The summed E-state index contributed by atoms with van der Waals surface area (Å²) in [4.78, 5) is 23.4. The minimum Gasteiger partial charge on any atom is -0.392 e. The number of benzene rings is 1. The van der Waals surface area contributed by atoms with E-state index in [9.17, 15) is 9.59 Å². The van der Waals surface area contributed by atoms with Crippen LogP contribution in [-0.2, 0) is 10.2 Å². The number of nitrogens with one attached hydrogen (secondary N) is 2. The van der Waals surface area contributed by atoms with Crippen LogP contribution in [0.1, 0.15) is 50.0 Å². The number of carbonyl (C=O) groups excluding carboxylic acids is 2. The van der Waals surface area contributed by atoms with Crippen LogP contribution >= 0.6 is 0 Å². The summed E-state index contributed by atoms with van der Waals surface area (Å²) in [7, 11) is 0. The zero-order valence-corrected chi connectivity index (χ0v) is 13.8. The smallest absolute Gasteiger partial charge is 0.251 e. The highest BCUT2D eigenvalue weighted by molar-refractivity contribution is 5.94. The lowest BCUT2D eigenvalue weighted by Gasteiger charge is -2.19. The Hall–Kier alpha value is -1.88. The van der Waals surface area contributed by atoms with Crippen LogP contribution in [0, 0.1) is 0 Å². The van der Waals surface area contributed by atoms with Gasteiger partial charge in [0.2, 0.25) is 5.91 Å². The molecule has 1 unspecified atom stereocenters. The monoisotopic (exact) mass is 306 g/mol. The van der Waals surface area contributed by atoms with Crippen LogP contribution in [0.5, 0.6) is 0 Å². The Labute approximate surface area is 132 Å². The van der Waals surface area contributed by atoms with Crippen molar-refractivity contribution < 1.29 is 14.7 Å². The first-order valence-corrected chi connectivity index (χ1v) is 7.53. The molecule has 0 aliphatic carbocycles. The van der Waals surface area contributed by atoms with Gasteiger partial charge in [-0.1, -0.05) is 32.9 Å². The number of hydrogen-bond acceptors (Lipinski definition) is 3. The molecule has 1 aromatic rings. The van der Waals surface area contributed by atoms with Gasteiger partial charge in [0.05, 0.1) is 6.10 Å². The first-order valence-electron chi connectivity index (χ1n) is 7.53. The van der Waals surface area contributed by atoms with Crippen LogP contribution in [0.3, 0.4) is 0 Å². The largest absolute Gasteiger partial charge is 0.392 e. The lowest BCUT2D eigenvalue weighted by Crippen LogP contribution is -2.34. The van der Waals surface area contributed by atoms with E-state index in [1.807, 2.05) is 12.1 Å². The van der Waals surface area contributed by atoms with E-state index in [2.05, 4.69) is 31.4 Å². The number of amides is 2. The SMILES string of the molecule is CC(O)CNC(=O)CCNC(=O)c1ccc(C(C)(C)C)cc1. The van der Waals surface area contributed by atoms with Crippen molar-refractivity contribution in [2.24, 2.45) is 0 Å². The topological polar surface area (TPSA) is 78.4 Å². The first kappa shape index (κ1) is 18.2. The maximum Gasteiger partial charge on any atom is 0.251 e. The van der Waals surface area contributed by atoms with E-state index in [1.165, 1.54) is 5.56 Å². The van der Waals surface area contributed by atoms with Gasteiger partial charge in [-0.15, -0.1) is 0 Å². The summed E-state index contributed by atoms with van der Waals surface area (Å²) in [6.45, 7) is 8.45. The van der Waals surface area contributed by atoms with E-state index in [-0.39, 0.29) is 36.7 Å². The standard InChI is InChI=1S/C17H26N2O3/c1-12(20)11-19-15(21)9-10-18-16(22)13-5-7-14(8-6-13)17(2,3)4/h5-8,12,20H,9-11H2,1-4H3,(H,18,22)(H,19,21). The summed E-state index contributed by atoms with van der Waals surface area (Å²) in [5.41, 5.74) is 1.80. The van der Waals surface area contributed by atoms with E-state index < -0.39 is 6.10 Å². The van der Waals surface area contributed by atoms with E-state index in [0.29, 0.717) is 5.56 Å². The number of rotatable bonds is 6. The van der Waals surface area contributed by atoms with Crippen molar-refractivity contribution in [1.29, 1.82) is 0 Å². The molecule has 0 aromatic heterocycles. The molecule has 22 heavy (non-hydrogen) atoms. The van der Waals surface area contributed by atoms with Crippen molar-refractivity contribution in [2.75, 3.05) is 13.1 Å². The predicted octanol–water partition coefficient (Wildman–Crippen LogP) is 1.60. The molecule has 0 aliphatic heterocycles. The van der Waals surface area contributed by atoms with Crippen LogP contribution in [-0.4, -0.2) is 36.1 Å². The highest BCUT2D eigenvalue weighted by Crippen LogP contribution is 2.22. The molecular formula is C17H26N2O3. The normalized spacial score (nSPS) is 12.6. The quantitative estimate of drug-likeness (QED) is 0.747. The number of carbonyl (C=O) groups is 2. The third-order valence-corrected chi connectivity index (χ3v) is 3.25. The molecular weight excluding hydrogens is 280 g/mol. The Kier molecular flexibility index (Phi) is 6.56. The zero-order chi connectivity index (χ0) is 16.8. The maximum absolute atomic E-state index is 12.0. The van der Waals surface area contributed by atoms with Gasteiger partial charge in [-0.25, -0.2) is 0 Å². The minimum absolute atomic E-state index is 0.0525. The van der Waals surface area contributed by atoms with E-state index >= 15 is 0 Å². The van der Waals surface area contributed by atoms with Crippen molar-refractivity contribution in [2.45, 2.75) is 45.6 Å². The molecule has 0 heterocycles. The number of hydrogen-bond donors (Lipinski definition) is 3. The van der Waals surface area contributed by atoms with Gasteiger partial charge in [-0.05, 0) is 30.0 Å². The molecule has 1 atom stereocenters. The second kappa shape index (κ2) is 7.94. The maximum atomic E-state index is 12.0. The summed E-state index contributed by atoms with van der Waals surface area (Å²) < 4.78 is 0. The molecule has 5 heteroatoms. The summed E-state index contributed by atoms with van der Waals surface area (Å²) in [6.07, 6.45) is -0.377. The van der Waals surface area contributed by atoms with Crippen molar-refractivity contribution in [3.8, 4) is 0 Å². The average molecular weight is 306 g/mol. The van der Waals surface area contributed by atoms with Crippen molar-refractivity contribution in [3.05, 3.63) is 35.4 Å². The number of aliphatic hydroxyl groups excluding tert-OH is 1. The summed E-state index contributed by atoms with van der Waals surface area (Å²) in [6, 6.07) is 7.49. The molecule has 3 N–H and O–H groups in total. The minimum atomic E-state index is -0.570. The molecule has 2 amide bonds. The van der Waals surface area contributed by atoms with E-state index in [0.717, 1.165) is 0 Å². The van der Waals surface area contributed by atoms with Gasteiger partial charge in [-0.3, -0.25) is 9.59 Å². The summed E-state index contributed by atoms with van der Waals surface area (Å²) in [5.74, 6) is -0.381. The second-order valence-electron chi connectivity index (χ2n) is 6.49. The molecule has 1 rings (SSSR count). The van der Waals surface area contributed by atoms with Gasteiger partial charge >= 0.3 is 0 Å². The Morgan fingerprint density at radius 3 is 2.23 bits per heavy atom. The predicted molar refractivity (Wildman–Crippen MR) is 86.8 cm³/mol. The van der Waals surface area contributed by atoms with Crippen molar-refractivity contribution >= 4 is 11.8 Å². The lowest BCUT2D eigenvalue weighted by molar-refractivity contribution is -0.121. The van der Waals surface area contributed by atoms with Gasteiger partial charge in [0.15, 0.2) is 0 Å². The second-order valence-corrected chi connectivity index (χ2v) is 6.49. The van der Waals surface area contributed by atoms with Gasteiger partial charge in [0.1, 0.15) is 0 Å². The molecule has 1 aromatic carbocycles. The van der Waals surface area contributed by atoms with Gasteiger partial charge in [0, 0.05) is 25.1 Å². The Balaban J connectivity index is 2.41. The zero-order valence-electron chi connectivity index (χ0n) is 13.8. The van der Waals surface area contributed by atoms with Crippen molar-refractivity contribution in [1.82, 2.24) is 10.6 Å². The van der Waals surface area contributed by atoms with Crippen LogP contribution in [0.25, 0.3) is 0 Å². The fraction of sp³-hybridized carbons (Fsp3) is 0.529. The van der Waals surface area contributed by atoms with Gasteiger partial charge in [-0.2, -0.15) is 0 Å². The first-order chi connectivity index (χ1) is 10.2. The highest BCUT2D eigenvalue weighted by Gasteiger charge is 2.14. The highest BCUT2D eigenvalue weighted by atomic mass is 16.3. The van der Waals surface area contributed by atoms with Crippen LogP contribution in [0.4, 0.5) is 0 Å². The molecule has 0 saturated heterocycles. The van der Waals surface area contributed by atoms with Crippen LogP contribution in [0.2, 0.25) is 0 Å². The lowest BCUT2D eigenvalue weighted by atomic mass is 9.87. The molecule has 0 radical (unpaired) electrons. The van der Waals surface area contributed by atoms with Gasteiger partial charge < -0.3 is 15.7 Å². The molecule has 0 bridgehead atoms. The Morgan fingerprint density at radius 1 is 1.14 bits per heavy atom. The fourth-order valence-corrected chi connectivity index (χ4v) is 1.86. The molecule has 0 fully saturated rings. The molecule has 0 aliphatic rings. The molecule has 0 spiro atoms.